The Kier molecular flexibility index (Phi) is 14.4. The van der Waals surface area contributed by atoms with E-state index in [1.807, 2.05) is 0 Å². The molecule has 1 aliphatic carbocycles. The van der Waals surface area contributed by atoms with Gasteiger partial charge >= 0.3 is 18.0 Å². The molecule has 1 saturated heterocycles. The van der Waals surface area contributed by atoms with Gasteiger partial charge in [0, 0.05) is 6.54 Å². The van der Waals surface area contributed by atoms with Crippen LogP contribution in [0.2, 0.25) is 0 Å². The number of methoxy groups -OCH3 is 1. The van der Waals surface area contributed by atoms with Crippen molar-refractivity contribution in [3.8, 4) is 5.75 Å². The van der Waals surface area contributed by atoms with E-state index in [1.54, 1.807) is 6.92 Å². The number of amides is 4. The van der Waals surface area contributed by atoms with Gasteiger partial charge in [0.2, 0.25) is 17.6 Å². The number of Topliss-reactive ketones (excluding diaryl/α,β-unsaturated/α-hetero) is 1. The number of hydrogen-bond acceptors (Lipinski definition) is 10. The minimum absolute atomic E-state index is 0.0433. The van der Waals surface area contributed by atoms with Gasteiger partial charge in [0.05, 0.1) is 18.7 Å². The summed E-state index contributed by atoms with van der Waals surface area (Å²) in [7, 11) is 1.26. The maximum Gasteiger partial charge on any atom is 0.413 e. The molecule has 1 saturated carbocycles. The molecule has 0 spiro atoms. The summed E-state index contributed by atoms with van der Waals surface area (Å²) in [6, 6.07) is 2.74. The quantitative estimate of drug-likeness (QED) is 0.144. The van der Waals surface area contributed by atoms with Gasteiger partial charge in [0.15, 0.2) is 0 Å². The third kappa shape index (κ3) is 10.6. The van der Waals surface area contributed by atoms with E-state index in [4.69, 9.17) is 9.47 Å². The zero-order valence-corrected chi connectivity index (χ0v) is 26.9. The standard InChI is InChI=1S/C33H44N4O10/c1-4-10-24(28(39)30(41)34-20-26(38)46-19-5-2)35-29(40)25-13-9-18-37(25)31(42)27(21-11-7-6-8-12-21)36-33(44)47-23-16-14-22(15-17-23)32(43)45-3/h5,14-17,21,24-25,27H,2,4,6-13,18-20H2,1,3H3,(H,34,41)(H,35,40)(H,36,44)/t24?,25-,27-/m0/s1. The molecule has 0 bridgehead atoms. The van der Waals surface area contributed by atoms with Gasteiger partial charge in [-0.15, -0.1) is 0 Å². The zero-order valence-electron chi connectivity index (χ0n) is 26.9. The molecule has 1 aliphatic heterocycles. The number of hydrogen-bond donors (Lipinski definition) is 3. The van der Waals surface area contributed by atoms with E-state index in [0.717, 1.165) is 19.3 Å². The number of likely N-dealkylation sites (tertiary alicyclic amines) is 1. The molecule has 1 unspecified atom stereocenters. The van der Waals surface area contributed by atoms with E-state index in [2.05, 4.69) is 27.3 Å². The third-order valence-corrected chi connectivity index (χ3v) is 8.17. The van der Waals surface area contributed by atoms with Gasteiger partial charge < -0.3 is 35.1 Å². The van der Waals surface area contributed by atoms with Crippen molar-refractivity contribution in [1.29, 1.82) is 0 Å². The van der Waals surface area contributed by atoms with Crippen LogP contribution in [0.5, 0.6) is 5.75 Å². The van der Waals surface area contributed by atoms with E-state index in [-0.39, 0.29) is 36.8 Å². The molecule has 2 aliphatic rings. The van der Waals surface area contributed by atoms with E-state index < -0.39 is 66.2 Å². The summed E-state index contributed by atoms with van der Waals surface area (Å²) in [5.74, 6) is -4.28. The summed E-state index contributed by atoms with van der Waals surface area (Å²) in [6.45, 7) is 4.92. The average molecular weight is 657 g/mol. The summed E-state index contributed by atoms with van der Waals surface area (Å²) >= 11 is 0. The number of rotatable bonds is 15. The van der Waals surface area contributed by atoms with Crippen LogP contribution in [-0.4, -0.2) is 91.4 Å². The molecule has 2 fully saturated rings. The molecule has 14 heteroatoms. The Labute approximate surface area is 273 Å². The molecule has 3 N–H and O–H groups in total. The lowest BCUT2D eigenvalue weighted by Gasteiger charge is -2.34. The fourth-order valence-electron chi connectivity index (χ4n) is 5.80. The smallest absolute Gasteiger partial charge is 0.413 e. The lowest BCUT2D eigenvalue weighted by molar-refractivity contribution is -0.145. The Hall–Kier alpha value is -4.75. The maximum atomic E-state index is 14.0. The number of nitrogens with one attached hydrogen (secondary N) is 3. The van der Waals surface area contributed by atoms with Crippen molar-refractivity contribution < 1.29 is 47.8 Å². The van der Waals surface area contributed by atoms with Crippen LogP contribution in [0.15, 0.2) is 36.9 Å². The number of esters is 2. The molecule has 1 aromatic carbocycles. The third-order valence-electron chi connectivity index (χ3n) is 8.17. The van der Waals surface area contributed by atoms with Crippen molar-refractivity contribution in [2.45, 2.75) is 82.8 Å². The van der Waals surface area contributed by atoms with E-state index >= 15 is 0 Å². The predicted octanol–water partition coefficient (Wildman–Crippen LogP) is 2.20. The minimum Gasteiger partial charge on any atom is -0.465 e. The fourth-order valence-corrected chi connectivity index (χ4v) is 5.80. The van der Waals surface area contributed by atoms with Crippen LogP contribution in [0.25, 0.3) is 0 Å². The Morgan fingerprint density at radius 1 is 0.979 bits per heavy atom. The van der Waals surface area contributed by atoms with Crippen LogP contribution >= 0.6 is 0 Å². The van der Waals surface area contributed by atoms with Gasteiger partial charge in [-0.25, -0.2) is 9.59 Å². The number of carbonyl (C=O) groups excluding carboxylic acids is 7. The Balaban J connectivity index is 1.69. The molecular weight excluding hydrogens is 612 g/mol. The van der Waals surface area contributed by atoms with Gasteiger partial charge in [-0.05, 0) is 62.3 Å². The van der Waals surface area contributed by atoms with E-state index in [9.17, 15) is 33.6 Å². The zero-order chi connectivity index (χ0) is 34.3. The highest BCUT2D eigenvalue weighted by Crippen LogP contribution is 2.29. The van der Waals surface area contributed by atoms with Gasteiger partial charge in [-0.3, -0.25) is 24.0 Å². The molecule has 0 radical (unpaired) electrons. The van der Waals surface area contributed by atoms with Crippen molar-refractivity contribution in [2.75, 3.05) is 26.8 Å². The summed E-state index contributed by atoms with van der Waals surface area (Å²) in [6.07, 6.45) is 6.21. The molecule has 1 heterocycles. The van der Waals surface area contributed by atoms with Crippen molar-refractivity contribution >= 4 is 41.5 Å². The summed E-state index contributed by atoms with van der Waals surface area (Å²) in [4.78, 5) is 90.8. The van der Waals surface area contributed by atoms with Crippen molar-refractivity contribution in [3.63, 3.8) is 0 Å². The topological polar surface area (TPSA) is 187 Å². The van der Waals surface area contributed by atoms with Crippen LogP contribution < -0.4 is 20.7 Å². The number of carbonyl (C=O) groups is 7. The molecule has 14 nitrogen and oxygen atoms in total. The Bertz CT molecular complexity index is 1310. The molecule has 0 aromatic heterocycles. The monoisotopic (exact) mass is 656 g/mol. The summed E-state index contributed by atoms with van der Waals surface area (Å²) in [5, 5.41) is 7.57. The van der Waals surface area contributed by atoms with E-state index in [0.29, 0.717) is 32.1 Å². The highest BCUT2D eigenvalue weighted by Gasteiger charge is 2.42. The van der Waals surface area contributed by atoms with Crippen LogP contribution in [0.1, 0.15) is 75.1 Å². The minimum atomic E-state index is -1.16. The first-order chi connectivity index (χ1) is 22.6. The Morgan fingerprint density at radius 2 is 1.68 bits per heavy atom. The second kappa shape index (κ2) is 18.4. The Morgan fingerprint density at radius 3 is 2.32 bits per heavy atom. The fraction of sp³-hybridized carbons (Fsp3) is 0.545. The van der Waals surface area contributed by atoms with Crippen LogP contribution in [0.3, 0.4) is 0 Å². The van der Waals surface area contributed by atoms with Gasteiger partial charge in [0.25, 0.3) is 5.91 Å². The first-order valence-corrected chi connectivity index (χ1v) is 16.0. The molecule has 3 rings (SSSR count). The van der Waals surface area contributed by atoms with Crippen molar-refractivity contribution in [1.82, 2.24) is 20.9 Å². The lowest BCUT2D eigenvalue weighted by atomic mass is 9.83. The van der Waals surface area contributed by atoms with Gasteiger partial charge in [-0.2, -0.15) is 0 Å². The second-order valence-corrected chi connectivity index (χ2v) is 11.5. The van der Waals surface area contributed by atoms with Crippen molar-refractivity contribution in [2.24, 2.45) is 5.92 Å². The average Bonchev–Trinajstić information content (AvgIpc) is 3.58. The second-order valence-electron chi connectivity index (χ2n) is 11.5. The molecular formula is C33H44N4O10. The summed E-state index contributed by atoms with van der Waals surface area (Å²) in [5.41, 5.74) is 0.279. The first-order valence-electron chi connectivity index (χ1n) is 16.0. The normalized spacial score (nSPS) is 17.4. The van der Waals surface area contributed by atoms with Crippen LogP contribution in [-0.2, 0) is 33.4 Å². The number of benzene rings is 1. The first kappa shape index (κ1) is 36.7. The van der Waals surface area contributed by atoms with Crippen LogP contribution in [0, 0.1) is 5.92 Å². The highest BCUT2D eigenvalue weighted by molar-refractivity contribution is 6.38. The number of ether oxygens (including phenoxy) is 3. The number of ketones is 1. The highest BCUT2D eigenvalue weighted by atomic mass is 16.6. The van der Waals surface area contributed by atoms with E-state index in [1.165, 1.54) is 42.4 Å². The molecule has 1 aromatic rings. The molecule has 256 valence electrons. The number of nitrogens with zero attached hydrogens (tertiary/aromatic N) is 1. The van der Waals surface area contributed by atoms with Crippen LogP contribution in [0.4, 0.5) is 4.79 Å². The SMILES string of the molecule is C=CCOC(=O)CNC(=O)C(=O)C(CCC)NC(=O)[C@@H]1CCCN1C(=O)[C@@H](NC(=O)Oc1ccc(C(=O)OC)cc1)C1CCCCC1. The molecule has 3 atom stereocenters. The maximum absolute atomic E-state index is 14.0. The predicted molar refractivity (Wildman–Crippen MR) is 168 cm³/mol. The largest absolute Gasteiger partial charge is 0.465 e. The molecule has 4 amide bonds. The van der Waals surface area contributed by atoms with Gasteiger partial charge in [-0.1, -0.05) is 45.3 Å². The van der Waals surface area contributed by atoms with Crippen molar-refractivity contribution in [3.05, 3.63) is 42.5 Å². The lowest BCUT2D eigenvalue weighted by Crippen LogP contribution is -2.58. The molecule has 47 heavy (non-hydrogen) atoms. The summed E-state index contributed by atoms with van der Waals surface area (Å²) < 4.78 is 14.9. The van der Waals surface area contributed by atoms with Gasteiger partial charge in [0.1, 0.15) is 31.0 Å².